The van der Waals surface area contributed by atoms with E-state index in [0.717, 1.165) is 25.5 Å². The average Bonchev–Trinajstić information content (AvgIpc) is 3.10. The van der Waals surface area contributed by atoms with Gasteiger partial charge in [-0.15, -0.1) is 12.4 Å². The van der Waals surface area contributed by atoms with Gasteiger partial charge < -0.3 is 20.1 Å². The van der Waals surface area contributed by atoms with E-state index < -0.39 is 29.9 Å². The Morgan fingerprint density at radius 1 is 1.36 bits per heavy atom. The van der Waals surface area contributed by atoms with Crippen LogP contribution in [0.5, 0.6) is 11.8 Å². The number of carbonyl (C=O) groups is 1. The minimum Gasteiger partial charge on any atom is -0.481 e. The highest BCUT2D eigenvalue weighted by Gasteiger charge is 2.49. The highest BCUT2D eigenvalue weighted by atomic mass is 35.5. The van der Waals surface area contributed by atoms with E-state index >= 15 is 0 Å². The third-order valence-corrected chi connectivity index (χ3v) is 4.84. The van der Waals surface area contributed by atoms with E-state index in [2.05, 4.69) is 15.6 Å². The molecule has 1 aromatic heterocycles. The first-order valence-electron chi connectivity index (χ1n) is 8.75. The number of aromatic nitrogens is 1. The maximum absolute atomic E-state index is 14.3. The number of pyridine rings is 1. The second kappa shape index (κ2) is 9.13. The van der Waals surface area contributed by atoms with Crippen molar-refractivity contribution in [3.05, 3.63) is 17.4 Å². The Kier molecular flexibility index (Phi) is 7.33. The molecule has 2 aliphatic rings. The zero-order valence-corrected chi connectivity index (χ0v) is 16.0. The van der Waals surface area contributed by atoms with Crippen LogP contribution in [0.15, 0.2) is 6.07 Å². The molecule has 11 heteroatoms. The zero-order valence-electron chi connectivity index (χ0n) is 15.1. The number of alkyl halides is 3. The van der Waals surface area contributed by atoms with Crippen LogP contribution in [0, 0.1) is 11.7 Å². The lowest BCUT2D eigenvalue weighted by Crippen LogP contribution is -2.42. The van der Waals surface area contributed by atoms with Gasteiger partial charge in [0, 0.05) is 12.1 Å². The fraction of sp³-hybridized carbons (Fsp3) is 0.647. The Morgan fingerprint density at radius 3 is 2.64 bits per heavy atom. The normalized spacial score (nSPS) is 24.1. The van der Waals surface area contributed by atoms with Gasteiger partial charge in [0.25, 0.3) is 5.88 Å². The smallest absolute Gasteiger partial charge is 0.392 e. The Bertz CT molecular complexity index is 693. The summed E-state index contributed by atoms with van der Waals surface area (Å²) in [5, 5.41) is 5.75. The van der Waals surface area contributed by atoms with Crippen LogP contribution in [-0.4, -0.2) is 42.9 Å². The van der Waals surface area contributed by atoms with Gasteiger partial charge in [-0.2, -0.15) is 18.2 Å². The van der Waals surface area contributed by atoms with Gasteiger partial charge >= 0.3 is 6.18 Å². The van der Waals surface area contributed by atoms with E-state index in [9.17, 15) is 22.4 Å². The van der Waals surface area contributed by atoms with E-state index in [1.54, 1.807) is 0 Å². The lowest BCUT2D eigenvalue weighted by Gasteiger charge is -2.36. The van der Waals surface area contributed by atoms with E-state index in [1.807, 2.05) is 0 Å². The Balaban J connectivity index is 0.00000280. The second-order valence-corrected chi connectivity index (χ2v) is 6.76. The summed E-state index contributed by atoms with van der Waals surface area (Å²) in [4.78, 5) is 15.9. The molecule has 1 saturated carbocycles. The molecule has 1 saturated heterocycles. The first kappa shape index (κ1) is 22.5. The predicted molar refractivity (Wildman–Crippen MR) is 94.1 cm³/mol. The summed E-state index contributed by atoms with van der Waals surface area (Å²) < 4.78 is 62.2. The van der Waals surface area contributed by atoms with Gasteiger partial charge in [-0.3, -0.25) is 4.79 Å². The number of carbonyl (C=O) groups excluding carboxylic acids is 1. The molecule has 6 nitrogen and oxygen atoms in total. The van der Waals surface area contributed by atoms with E-state index in [-0.39, 0.29) is 49.6 Å². The summed E-state index contributed by atoms with van der Waals surface area (Å²) in [6.07, 6.45) is -3.79. The van der Waals surface area contributed by atoms with Gasteiger partial charge in [-0.05, 0) is 38.3 Å². The van der Waals surface area contributed by atoms with Crippen LogP contribution >= 0.6 is 12.4 Å². The minimum atomic E-state index is -4.26. The largest absolute Gasteiger partial charge is 0.481 e. The Labute approximate surface area is 165 Å². The molecule has 3 rings (SSSR count). The van der Waals surface area contributed by atoms with Crippen molar-refractivity contribution in [2.45, 2.75) is 50.6 Å². The molecular weight excluding hydrogens is 406 g/mol. The predicted octanol–water partition coefficient (Wildman–Crippen LogP) is 2.74. The minimum absolute atomic E-state index is 0. The van der Waals surface area contributed by atoms with Crippen LogP contribution < -0.4 is 20.1 Å². The van der Waals surface area contributed by atoms with E-state index in [4.69, 9.17) is 9.47 Å². The number of nitrogens with zero attached hydrogens (tertiary/aromatic N) is 1. The third kappa shape index (κ3) is 5.16. The van der Waals surface area contributed by atoms with Crippen molar-refractivity contribution >= 4 is 18.3 Å². The van der Waals surface area contributed by atoms with Crippen LogP contribution in [0.3, 0.4) is 0 Å². The maximum atomic E-state index is 14.3. The first-order valence-corrected chi connectivity index (χ1v) is 8.75. The summed E-state index contributed by atoms with van der Waals surface area (Å²) in [6.45, 7) is 0.796. The molecule has 0 aromatic carbocycles. The highest BCUT2D eigenvalue weighted by Crippen LogP contribution is 2.42. The first-order chi connectivity index (χ1) is 12.8. The van der Waals surface area contributed by atoms with Crippen molar-refractivity contribution in [1.29, 1.82) is 0 Å². The summed E-state index contributed by atoms with van der Waals surface area (Å²) >= 11 is 0. The summed E-state index contributed by atoms with van der Waals surface area (Å²) in [6, 6.07) is 0.847. The molecule has 1 atom stereocenters. The molecule has 1 aliphatic heterocycles. The lowest BCUT2D eigenvalue weighted by atomic mass is 9.82. The van der Waals surface area contributed by atoms with Gasteiger partial charge in [-0.25, -0.2) is 4.39 Å². The Morgan fingerprint density at radius 2 is 2.07 bits per heavy atom. The van der Waals surface area contributed by atoms with Gasteiger partial charge in [0.2, 0.25) is 11.8 Å². The molecular formula is C17H22ClF4N3O3. The SMILES string of the molecule is COc1nc(OC2CC(C(F)(F)F)C2)c(F)cc1CNC(=O)C1CCCN1.Cl. The van der Waals surface area contributed by atoms with E-state index in [1.165, 1.54) is 7.11 Å². The quantitative estimate of drug-likeness (QED) is 0.683. The molecule has 0 radical (unpaired) electrons. The molecule has 2 fully saturated rings. The molecule has 0 bridgehead atoms. The number of hydrogen-bond acceptors (Lipinski definition) is 5. The molecule has 158 valence electrons. The monoisotopic (exact) mass is 427 g/mol. The fourth-order valence-corrected chi connectivity index (χ4v) is 3.18. The van der Waals surface area contributed by atoms with Crippen molar-refractivity contribution in [2.75, 3.05) is 13.7 Å². The number of amides is 1. The summed E-state index contributed by atoms with van der Waals surface area (Å²) in [5.41, 5.74) is 0.315. The topological polar surface area (TPSA) is 72.5 Å². The number of halogens is 5. The van der Waals surface area contributed by atoms with Crippen molar-refractivity contribution in [3.8, 4) is 11.8 Å². The van der Waals surface area contributed by atoms with Crippen molar-refractivity contribution in [3.63, 3.8) is 0 Å². The molecule has 1 unspecified atom stereocenters. The number of methoxy groups -OCH3 is 1. The number of ether oxygens (including phenoxy) is 2. The molecule has 0 spiro atoms. The lowest BCUT2D eigenvalue weighted by molar-refractivity contribution is -0.210. The third-order valence-electron chi connectivity index (χ3n) is 4.84. The molecule has 1 amide bonds. The molecule has 1 aliphatic carbocycles. The molecule has 2 N–H and O–H groups in total. The van der Waals surface area contributed by atoms with Gasteiger partial charge in [0.05, 0.1) is 19.1 Å². The van der Waals surface area contributed by atoms with Gasteiger partial charge in [-0.1, -0.05) is 0 Å². The van der Waals surface area contributed by atoms with Crippen LogP contribution in [0.1, 0.15) is 31.2 Å². The number of nitrogens with one attached hydrogen (secondary N) is 2. The zero-order chi connectivity index (χ0) is 19.6. The summed E-state index contributed by atoms with van der Waals surface area (Å²) in [5.74, 6) is -2.77. The molecule has 28 heavy (non-hydrogen) atoms. The Hall–Kier alpha value is -1.81. The molecule has 1 aromatic rings. The van der Waals surface area contributed by atoms with Crippen molar-refractivity contribution in [2.24, 2.45) is 5.92 Å². The average molecular weight is 428 g/mol. The highest BCUT2D eigenvalue weighted by molar-refractivity contribution is 5.85. The van der Waals surface area contributed by atoms with Gasteiger partial charge in [0.1, 0.15) is 6.10 Å². The fourth-order valence-electron chi connectivity index (χ4n) is 3.18. The van der Waals surface area contributed by atoms with Crippen LogP contribution in [0.4, 0.5) is 17.6 Å². The molecule has 2 heterocycles. The van der Waals surface area contributed by atoms with Crippen LogP contribution in [-0.2, 0) is 11.3 Å². The standard InChI is InChI=1S/C17H21F4N3O3.ClH/c1-26-15-9(8-23-14(25)13-3-2-4-22-13)5-12(18)16(24-15)27-11-6-10(7-11)17(19,20)21;/h5,10-11,13,22H,2-4,6-8H2,1H3,(H,23,25);1H. The van der Waals surface area contributed by atoms with Crippen LogP contribution in [0.25, 0.3) is 0 Å². The summed E-state index contributed by atoms with van der Waals surface area (Å²) in [7, 11) is 1.33. The number of hydrogen-bond donors (Lipinski definition) is 2. The van der Waals surface area contributed by atoms with Crippen molar-refractivity contribution in [1.82, 2.24) is 15.6 Å². The second-order valence-electron chi connectivity index (χ2n) is 6.76. The number of rotatable bonds is 6. The maximum Gasteiger partial charge on any atom is 0.392 e. The van der Waals surface area contributed by atoms with Gasteiger partial charge in [0.15, 0.2) is 5.82 Å². The van der Waals surface area contributed by atoms with Crippen molar-refractivity contribution < 1.29 is 31.8 Å². The van der Waals surface area contributed by atoms with Crippen LogP contribution in [0.2, 0.25) is 0 Å². The van der Waals surface area contributed by atoms with E-state index in [0.29, 0.717) is 5.56 Å².